The van der Waals surface area contributed by atoms with E-state index in [0.717, 1.165) is 37.2 Å². The number of nitrogens with one attached hydrogen (secondary N) is 3. The molecule has 1 saturated heterocycles. The zero-order valence-electron chi connectivity index (χ0n) is 18.8. The predicted octanol–water partition coefficient (Wildman–Crippen LogP) is 4.90. The molecule has 1 aliphatic heterocycles. The molecule has 8 heteroatoms. The van der Waals surface area contributed by atoms with Gasteiger partial charge in [0.2, 0.25) is 0 Å². The minimum absolute atomic E-state index is 0.190. The molecule has 0 radical (unpaired) electrons. The van der Waals surface area contributed by atoms with Crippen LogP contribution < -0.4 is 20.9 Å². The van der Waals surface area contributed by atoms with Gasteiger partial charge in [-0.1, -0.05) is 24.6 Å². The van der Waals surface area contributed by atoms with Crippen LogP contribution in [-0.2, 0) is 4.74 Å². The number of hydrogen-bond acceptors (Lipinski definition) is 4. The van der Waals surface area contributed by atoms with Crippen LogP contribution in [0.15, 0.2) is 36.4 Å². The standard InChI is InChI=1S/C24H31ClN4O3/c1-16-8-11-29(12-9-16)22-7-6-18(14-20(22)23(30)26-10-13-32-3)27-24(31)28-19-5-4-17(2)21(25)15-19/h4-7,14-16H,8-13H2,1-3H3,(H,26,30)(H2,27,28,31). The molecule has 32 heavy (non-hydrogen) atoms. The highest BCUT2D eigenvalue weighted by Gasteiger charge is 2.22. The predicted molar refractivity (Wildman–Crippen MR) is 130 cm³/mol. The largest absolute Gasteiger partial charge is 0.383 e. The number of urea groups is 1. The average Bonchev–Trinajstić information content (AvgIpc) is 2.77. The van der Waals surface area contributed by atoms with E-state index in [4.69, 9.17) is 16.3 Å². The molecule has 0 saturated carbocycles. The second kappa shape index (κ2) is 11.2. The number of nitrogens with zero attached hydrogens (tertiary/aromatic N) is 1. The van der Waals surface area contributed by atoms with E-state index in [2.05, 4.69) is 27.8 Å². The lowest BCUT2D eigenvalue weighted by Crippen LogP contribution is -2.35. The van der Waals surface area contributed by atoms with Gasteiger partial charge in [0.15, 0.2) is 0 Å². The van der Waals surface area contributed by atoms with E-state index in [1.54, 1.807) is 25.3 Å². The van der Waals surface area contributed by atoms with E-state index in [9.17, 15) is 9.59 Å². The molecule has 1 fully saturated rings. The Balaban J connectivity index is 1.76. The van der Waals surface area contributed by atoms with E-state index in [1.807, 2.05) is 25.1 Å². The number of anilines is 3. The molecule has 2 aromatic carbocycles. The average molecular weight is 459 g/mol. The van der Waals surface area contributed by atoms with Crippen LogP contribution in [-0.4, -0.2) is 45.3 Å². The van der Waals surface area contributed by atoms with Crippen molar-refractivity contribution in [2.45, 2.75) is 26.7 Å². The van der Waals surface area contributed by atoms with Crippen molar-refractivity contribution in [2.75, 3.05) is 48.9 Å². The molecule has 2 aromatic rings. The van der Waals surface area contributed by atoms with Crippen LogP contribution in [0.3, 0.4) is 0 Å². The molecule has 1 heterocycles. The van der Waals surface area contributed by atoms with Crippen LogP contribution in [0, 0.1) is 12.8 Å². The quantitative estimate of drug-likeness (QED) is 0.515. The maximum Gasteiger partial charge on any atom is 0.323 e. The monoisotopic (exact) mass is 458 g/mol. The lowest BCUT2D eigenvalue weighted by atomic mass is 9.98. The molecule has 0 spiro atoms. The van der Waals surface area contributed by atoms with Crippen LogP contribution in [0.2, 0.25) is 5.02 Å². The molecule has 0 aromatic heterocycles. The van der Waals surface area contributed by atoms with Gasteiger partial charge >= 0.3 is 6.03 Å². The van der Waals surface area contributed by atoms with Crippen molar-refractivity contribution >= 4 is 40.6 Å². The Morgan fingerprint density at radius 1 is 1.09 bits per heavy atom. The molecule has 7 nitrogen and oxygen atoms in total. The lowest BCUT2D eigenvalue weighted by molar-refractivity contribution is 0.0937. The Morgan fingerprint density at radius 2 is 1.75 bits per heavy atom. The number of piperidine rings is 1. The molecule has 1 aliphatic rings. The first-order valence-electron chi connectivity index (χ1n) is 10.9. The van der Waals surface area contributed by atoms with Crippen molar-refractivity contribution in [2.24, 2.45) is 5.92 Å². The SMILES string of the molecule is COCCNC(=O)c1cc(NC(=O)Nc2ccc(C)c(Cl)c2)ccc1N1CCC(C)CC1. The molecule has 3 N–H and O–H groups in total. The molecule has 3 amide bonds. The fourth-order valence-electron chi connectivity index (χ4n) is 3.65. The summed E-state index contributed by atoms with van der Waals surface area (Å²) in [6, 6.07) is 10.4. The van der Waals surface area contributed by atoms with Gasteiger partial charge in [-0.05, 0) is 61.6 Å². The van der Waals surface area contributed by atoms with Crippen LogP contribution in [0.4, 0.5) is 21.9 Å². The van der Waals surface area contributed by atoms with Gasteiger partial charge in [0.25, 0.3) is 5.91 Å². The number of amides is 3. The third kappa shape index (κ3) is 6.37. The summed E-state index contributed by atoms with van der Waals surface area (Å²) >= 11 is 6.14. The third-order valence-corrected chi connectivity index (χ3v) is 6.05. The number of carbonyl (C=O) groups excluding carboxylic acids is 2. The molecule has 0 atom stereocenters. The molecular formula is C24H31ClN4O3. The summed E-state index contributed by atoms with van der Waals surface area (Å²) in [5, 5.41) is 9.05. The minimum atomic E-state index is -0.407. The molecule has 0 unspecified atom stereocenters. The van der Waals surface area contributed by atoms with E-state index in [-0.39, 0.29) is 5.91 Å². The third-order valence-electron chi connectivity index (χ3n) is 5.64. The number of aryl methyl sites for hydroxylation is 1. The molecular weight excluding hydrogens is 428 g/mol. The summed E-state index contributed by atoms with van der Waals surface area (Å²) in [6.07, 6.45) is 2.18. The smallest absolute Gasteiger partial charge is 0.323 e. The maximum atomic E-state index is 12.9. The number of benzene rings is 2. The first-order valence-corrected chi connectivity index (χ1v) is 11.3. The van der Waals surface area contributed by atoms with Gasteiger partial charge in [0, 0.05) is 48.8 Å². The molecule has 0 bridgehead atoms. The van der Waals surface area contributed by atoms with Crippen molar-refractivity contribution in [1.29, 1.82) is 0 Å². The number of carbonyl (C=O) groups is 2. The Bertz CT molecular complexity index is 958. The first kappa shape index (κ1) is 23.9. The Hall–Kier alpha value is -2.77. The van der Waals surface area contributed by atoms with Crippen molar-refractivity contribution in [3.63, 3.8) is 0 Å². The minimum Gasteiger partial charge on any atom is -0.383 e. The highest BCUT2D eigenvalue weighted by molar-refractivity contribution is 6.31. The number of rotatable bonds is 7. The molecule has 3 rings (SSSR count). The summed E-state index contributed by atoms with van der Waals surface area (Å²) in [7, 11) is 1.59. The van der Waals surface area contributed by atoms with Gasteiger partial charge in [-0.25, -0.2) is 4.79 Å². The van der Waals surface area contributed by atoms with Crippen LogP contribution in [0.25, 0.3) is 0 Å². The Morgan fingerprint density at radius 3 is 2.41 bits per heavy atom. The van der Waals surface area contributed by atoms with Gasteiger partial charge in [-0.3, -0.25) is 4.79 Å². The lowest BCUT2D eigenvalue weighted by Gasteiger charge is -2.33. The van der Waals surface area contributed by atoms with Gasteiger partial charge < -0.3 is 25.6 Å². The summed E-state index contributed by atoms with van der Waals surface area (Å²) < 4.78 is 5.04. The van der Waals surface area contributed by atoms with Gasteiger partial charge in [-0.15, -0.1) is 0 Å². The number of halogens is 1. The van der Waals surface area contributed by atoms with Crippen LogP contribution in [0.5, 0.6) is 0 Å². The number of methoxy groups -OCH3 is 1. The fraction of sp³-hybridized carbons (Fsp3) is 0.417. The summed E-state index contributed by atoms with van der Waals surface area (Å²) in [6.45, 7) is 6.81. The van der Waals surface area contributed by atoms with E-state index >= 15 is 0 Å². The van der Waals surface area contributed by atoms with Crippen molar-refractivity contribution in [3.05, 3.63) is 52.5 Å². The van der Waals surface area contributed by atoms with Crippen molar-refractivity contribution < 1.29 is 14.3 Å². The van der Waals surface area contributed by atoms with Gasteiger partial charge in [-0.2, -0.15) is 0 Å². The number of hydrogen-bond donors (Lipinski definition) is 3. The normalized spacial score (nSPS) is 14.2. The Labute approximate surface area is 194 Å². The van der Waals surface area contributed by atoms with Crippen molar-refractivity contribution in [1.82, 2.24) is 5.32 Å². The molecule has 172 valence electrons. The summed E-state index contributed by atoms with van der Waals surface area (Å²) in [5.41, 5.74) is 3.47. The highest BCUT2D eigenvalue weighted by Crippen LogP contribution is 2.29. The van der Waals surface area contributed by atoms with Crippen LogP contribution >= 0.6 is 11.6 Å². The van der Waals surface area contributed by atoms with E-state index in [1.165, 1.54) is 0 Å². The van der Waals surface area contributed by atoms with E-state index < -0.39 is 6.03 Å². The molecule has 0 aliphatic carbocycles. The van der Waals surface area contributed by atoms with E-state index in [0.29, 0.717) is 41.0 Å². The first-order chi connectivity index (χ1) is 15.4. The van der Waals surface area contributed by atoms with Crippen LogP contribution in [0.1, 0.15) is 35.7 Å². The van der Waals surface area contributed by atoms with Gasteiger partial charge in [0.1, 0.15) is 0 Å². The summed E-state index contributed by atoms with van der Waals surface area (Å²) in [5.74, 6) is 0.496. The zero-order valence-corrected chi connectivity index (χ0v) is 19.6. The number of ether oxygens (including phenoxy) is 1. The second-order valence-electron chi connectivity index (χ2n) is 8.19. The topological polar surface area (TPSA) is 82.7 Å². The maximum absolute atomic E-state index is 12.9. The second-order valence-corrected chi connectivity index (χ2v) is 8.60. The van der Waals surface area contributed by atoms with Gasteiger partial charge in [0.05, 0.1) is 12.2 Å². The summed E-state index contributed by atoms with van der Waals surface area (Å²) in [4.78, 5) is 27.6. The Kier molecular flexibility index (Phi) is 8.36. The fourth-order valence-corrected chi connectivity index (χ4v) is 3.83. The van der Waals surface area contributed by atoms with Crippen molar-refractivity contribution in [3.8, 4) is 0 Å². The zero-order chi connectivity index (χ0) is 23.1. The highest BCUT2D eigenvalue weighted by atomic mass is 35.5.